The minimum atomic E-state index is 0.514. The topological polar surface area (TPSA) is 12.0 Å². The summed E-state index contributed by atoms with van der Waals surface area (Å²) in [5, 5.41) is 4.17. The van der Waals surface area contributed by atoms with Crippen molar-refractivity contribution in [2.45, 2.75) is 26.4 Å². The third-order valence-corrected chi connectivity index (χ3v) is 4.90. The zero-order chi connectivity index (χ0) is 13.1. The van der Waals surface area contributed by atoms with Crippen LogP contribution in [0.25, 0.3) is 10.4 Å². The Bertz CT molecular complexity index is 536. The van der Waals surface area contributed by atoms with Crippen LogP contribution in [0.2, 0.25) is 5.02 Å². The van der Waals surface area contributed by atoms with E-state index in [4.69, 9.17) is 11.6 Å². The highest BCUT2D eigenvalue weighted by atomic mass is 79.9. The van der Waals surface area contributed by atoms with Gasteiger partial charge in [0, 0.05) is 26.8 Å². The first-order chi connectivity index (χ1) is 8.56. The van der Waals surface area contributed by atoms with Crippen LogP contribution in [0.3, 0.4) is 0 Å². The van der Waals surface area contributed by atoms with E-state index >= 15 is 0 Å². The molecule has 2 aromatic rings. The average molecular weight is 345 g/mol. The van der Waals surface area contributed by atoms with Crippen molar-refractivity contribution in [3.63, 3.8) is 0 Å². The largest absolute Gasteiger partial charge is 0.310 e. The summed E-state index contributed by atoms with van der Waals surface area (Å²) in [6.45, 7) is 5.24. The van der Waals surface area contributed by atoms with Crippen LogP contribution in [0, 0.1) is 0 Å². The Morgan fingerprint density at radius 3 is 2.72 bits per heavy atom. The zero-order valence-corrected chi connectivity index (χ0v) is 13.5. The minimum Gasteiger partial charge on any atom is -0.310 e. The van der Waals surface area contributed by atoms with E-state index in [1.807, 2.05) is 17.4 Å². The summed E-state index contributed by atoms with van der Waals surface area (Å²) in [6.07, 6.45) is 0. The van der Waals surface area contributed by atoms with Crippen LogP contribution < -0.4 is 5.32 Å². The first-order valence-corrected chi connectivity index (χ1v) is 7.82. The van der Waals surface area contributed by atoms with Crippen molar-refractivity contribution in [2.75, 3.05) is 0 Å². The molecule has 0 radical (unpaired) electrons. The number of thiophene rings is 1. The third kappa shape index (κ3) is 3.58. The summed E-state index contributed by atoms with van der Waals surface area (Å²) in [6, 6.07) is 10.9. The lowest BCUT2D eigenvalue weighted by Gasteiger charge is -2.05. The lowest BCUT2D eigenvalue weighted by molar-refractivity contribution is 0.593. The Kier molecular flexibility index (Phi) is 4.84. The summed E-state index contributed by atoms with van der Waals surface area (Å²) < 4.78 is 0.942. The predicted molar refractivity (Wildman–Crippen MR) is 84.4 cm³/mol. The molecule has 0 amide bonds. The van der Waals surface area contributed by atoms with Gasteiger partial charge in [-0.2, -0.15) is 0 Å². The van der Waals surface area contributed by atoms with E-state index < -0.39 is 0 Å². The van der Waals surface area contributed by atoms with Gasteiger partial charge in [-0.05, 0) is 45.8 Å². The molecule has 4 heteroatoms. The molecule has 0 saturated heterocycles. The lowest BCUT2D eigenvalue weighted by atomic mass is 10.2. The van der Waals surface area contributed by atoms with Gasteiger partial charge in [0.05, 0.1) is 5.02 Å². The maximum Gasteiger partial charge on any atom is 0.0548 e. The number of nitrogens with one attached hydrogen (secondary N) is 1. The monoisotopic (exact) mass is 343 g/mol. The van der Waals surface area contributed by atoms with Gasteiger partial charge in [0.1, 0.15) is 0 Å². The summed E-state index contributed by atoms with van der Waals surface area (Å²) in [4.78, 5) is 2.62. The highest BCUT2D eigenvalue weighted by molar-refractivity contribution is 9.10. The minimum absolute atomic E-state index is 0.514. The highest BCUT2D eigenvalue weighted by Gasteiger charge is 2.05. The highest BCUT2D eigenvalue weighted by Crippen LogP contribution is 2.32. The van der Waals surface area contributed by atoms with E-state index in [1.54, 1.807) is 0 Å². The van der Waals surface area contributed by atoms with Crippen molar-refractivity contribution in [3.8, 4) is 10.4 Å². The second-order valence-corrected chi connectivity index (χ2v) is 6.86. The van der Waals surface area contributed by atoms with E-state index in [0.29, 0.717) is 6.04 Å². The Morgan fingerprint density at radius 1 is 1.28 bits per heavy atom. The molecule has 1 N–H and O–H groups in total. The van der Waals surface area contributed by atoms with Gasteiger partial charge in [0.15, 0.2) is 0 Å². The van der Waals surface area contributed by atoms with Gasteiger partial charge in [-0.15, -0.1) is 11.3 Å². The molecule has 1 aromatic carbocycles. The van der Waals surface area contributed by atoms with Crippen LogP contribution in [0.5, 0.6) is 0 Å². The van der Waals surface area contributed by atoms with Crippen molar-refractivity contribution < 1.29 is 0 Å². The molecule has 0 aliphatic rings. The molecule has 0 bridgehead atoms. The smallest absolute Gasteiger partial charge is 0.0548 e. The van der Waals surface area contributed by atoms with Crippen LogP contribution in [-0.2, 0) is 6.54 Å². The van der Waals surface area contributed by atoms with Crippen molar-refractivity contribution in [1.82, 2.24) is 5.32 Å². The quantitative estimate of drug-likeness (QED) is 0.790. The fourth-order valence-corrected chi connectivity index (χ4v) is 3.03. The second-order valence-electron chi connectivity index (χ2n) is 4.43. The first-order valence-electron chi connectivity index (χ1n) is 5.84. The summed E-state index contributed by atoms with van der Waals surface area (Å²) in [7, 11) is 0. The van der Waals surface area contributed by atoms with E-state index in [9.17, 15) is 0 Å². The van der Waals surface area contributed by atoms with Gasteiger partial charge in [-0.25, -0.2) is 0 Å². The van der Waals surface area contributed by atoms with Crippen LogP contribution in [-0.4, -0.2) is 6.04 Å². The summed E-state index contributed by atoms with van der Waals surface area (Å²) in [5.41, 5.74) is 1.20. The number of hydrogen-bond acceptors (Lipinski definition) is 2. The van der Waals surface area contributed by atoms with Crippen LogP contribution in [0.4, 0.5) is 0 Å². The SMILES string of the molecule is CC(C)NCc1ccc(-c2ccc(Cl)c(Br)c2)s1. The molecule has 0 unspecified atom stereocenters. The van der Waals surface area contributed by atoms with Crippen LogP contribution in [0.15, 0.2) is 34.8 Å². The normalized spacial score (nSPS) is 11.2. The summed E-state index contributed by atoms with van der Waals surface area (Å²) in [5.74, 6) is 0. The molecular formula is C14H15BrClNS. The Hall–Kier alpha value is -0.350. The van der Waals surface area contributed by atoms with E-state index in [-0.39, 0.29) is 0 Å². The third-order valence-electron chi connectivity index (χ3n) is 2.55. The van der Waals surface area contributed by atoms with Crippen LogP contribution in [0.1, 0.15) is 18.7 Å². The molecule has 1 aromatic heterocycles. The molecule has 0 saturated carbocycles. The van der Waals surface area contributed by atoms with Gasteiger partial charge >= 0.3 is 0 Å². The van der Waals surface area contributed by atoms with Crippen LogP contribution >= 0.6 is 38.9 Å². The Labute approximate surface area is 125 Å². The maximum absolute atomic E-state index is 6.00. The standard InChI is InChI=1S/C14H15BrClNS/c1-9(2)17-8-11-4-6-14(18-11)10-3-5-13(16)12(15)7-10/h3-7,9,17H,8H2,1-2H3. The number of hydrogen-bond donors (Lipinski definition) is 1. The number of halogens is 2. The molecular weight excluding hydrogens is 330 g/mol. The first kappa shape index (κ1) is 14.1. The van der Waals surface area contributed by atoms with Crippen molar-refractivity contribution in [1.29, 1.82) is 0 Å². The van der Waals surface area contributed by atoms with Gasteiger partial charge < -0.3 is 5.32 Å². The maximum atomic E-state index is 6.00. The van der Waals surface area contributed by atoms with Gasteiger partial charge in [0.2, 0.25) is 0 Å². The lowest BCUT2D eigenvalue weighted by Crippen LogP contribution is -2.21. The average Bonchev–Trinajstić information content (AvgIpc) is 2.79. The molecule has 0 aliphatic carbocycles. The van der Waals surface area contributed by atoms with E-state index in [1.165, 1.54) is 15.3 Å². The van der Waals surface area contributed by atoms with E-state index in [0.717, 1.165) is 16.0 Å². The van der Waals surface area contributed by atoms with Gasteiger partial charge in [-0.3, -0.25) is 0 Å². The molecule has 1 heterocycles. The fourth-order valence-electron chi connectivity index (χ4n) is 1.58. The Morgan fingerprint density at radius 2 is 2.06 bits per heavy atom. The molecule has 0 atom stereocenters. The zero-order valence-electron chi connectivity index (χ0n) is 10.3. The predicted octanol–water partition coefficient (Wildman–Crippen LogP) is 5.33. The van der Waals surface area contributed by atoms with E-state index in [2.05, 4.69) is 59.4 Å². The van der Waals surface area contributed by atoms with Crippen molar-refractivity contribution >= 4 is 38.9 Å². The molecule has 0 spiro atoms. The molecule has 18 heavy (non-hydrogen) atoms. The number of benzene rings is 1. The molecule has 1 nitrogen and oxygen atoms in total. The fraction of sp³-hybridized carbons (Fsp3) is 0.286. The van der Waals surface area contributed by atoms with Crippen molar-refractivity contribution in [2.24, 2.45) is 0 Å². The Balaban J connectivity index is 2.16. The molecule has 96 valence electrons. The summed E-state index contributed by atoms with van der Waals surface area (Å²) >= 11 is 11.3. The van der Waals surface area contributed by atoms with Gasteiger partial charge in [-0.1, -0.05) is 31.5 Å². The van der Waals surface area contributed by atoms with Crippen molar-refractivity contribution in [3.05, 3.63) is 44.7 Å². The molecule has 0 aliphatic heterocycles. The second kappa shape index (κ2) is 6.20. The molecule has 2 rings (SSSR count). The molecule has 0 fully saturated rings. The van der Waals surface area contributed by atoms with Gasteiger partial charge in [0.25, 0.3) is 0 Å². The number of rotatable bonds is 4.